The second-order valence-corrected chi connectivity index (χ2v) is 2.95. The van der Waals surface area contributed by atoms with Crippen molar-refractivity contribution < 1.29 is 21.7 Å². The zero-order valence-electron chi connectivity index (χ0n) is 8.43. The molecule has 2 rings (SSSR count). The molecule has 1 aromatic carbocycles. The van der Waals surface area contributed by atoms with E-state index in [1.54, 1.807) is 7.11 Å². The Bertz CT molecular complexity index is 417. The molecule has 0 fully saturated rings. The average Bonchev–Trinajstić information content (AvgIpc) is 2.30. The van der Waals surface area contributed by atoms with Crippen LogP contribution in [0.2, 0.25) is 0 Å². The molecule has 0 aliphatic rings. The summed E-state index contributed by atoms with van der Waals surface area (Å²) in [5, 5.41) is 0. The first-order valence-corrected chi connectivity index (χ1v) is 4.51. The van der Waals surface area contributed by atoms with Crippen molar-refractivity contribution in [3.63, 3.8) is 0 Å². The topological polar surface area (TPSA) is 13.1 Å². The third-order valence-corrected chi connectivity index (χ3v) is 2.08. The van der Waals surface area contributed by atoms with Crippen LogP contribution in [0, 0.1) is 0 Å². The Labute approximate surface area is 95.5 Å². The van der Waals surface area contributed by atoms with Gasteiger partial charge in [-0.1, -0.05) is 18.2 Å². The highest BCUT2D eigenvalue weighted by molar-refractivity contribution is 5.39. The van der Waals surface area contributed by atoms with Crippen LogP contribution in [-0.2, 0) is 0 Å². The molecule has 0 radical (unpaired) electrons. The Morgan fingerprint density at radius 3 is 2.27 bits per heavy atom. The van der Waals surface area contributed by atoms with Crippen molar-refractivity contribution in [2.45, 2.75) is 0 Å². The molecule has 78 valence electrons. The van der Waals surface area contributed by atoms with E-state index in [9.17, 15) is 0 Å². The number of para-hydroxylation sites is 2. The molecular formula is C12H12ClNO. The zero-order chi connectivity index (χ0) is 9.80. The van der Waals surface area contributed by atoms with Crippen molar-refractivity contribution in [3.8, 4) is 11.4 Å². The number of hydrogen-bond acceptors (Lipinski definition) is 1. The number of rotatable bonds is 2. The SMILES string of the molecule is COc1ccccc1-[n+]1ccccc1.[Cl-]. The van der Waals surface area contributed by atoms with E-state index in [0.717, 1.165) is 11.4 Å². The van der Waals surface area contributed by atoms with Gasteiger partial charge in [-0.25, -0.2) is 0 Å². The standard InChI is InChI=1S/C12H12NO.ClH/c1-14-12-8-4-3-7-11(12)13-9-5-2-6-10-13;/h2-10H,1H3;1H/q+1;/p-1. The highest BCUT2D eigenvalue weighted by atomic mass is 35.5. The molecule has 0 saturated heterocycles. The van der Waals surface area contributed by atoms with Gasteiger partial charge in [0.15, 0.2) is 18.1 Å². The number of pyridine rings is 1. The summed E-state index contributed by atoms with van der Waals surface area (Å²) < 4.78 is 7.31. The number of methoxy groups -OCH3 is 1. The first kappa shape index (κ1) is 11.5. The summed E-state index contributed by atoms with van der Waals surface area (Å²) in [6, 6.07) is 13.9. The second kappa shape index (κ2) is 5.37. The highest BCUT2D eigenvalue weighted by Gasteiger charge is 2.10. The van der Waals surface area contributed by atoms with Crippen molar-refractivity contribution in [1.82, 2.24) is 0 Å². The molecule has 0 aliphatic carbocycles. The van der Waals surface area contributed by atoms with Gasteiger partial charge in [0.25, 0.3) is 5.69 Å². The molecule has 1 heterocycles. The molecule has 0 amide bonds. The maximum Gasteiger partial charge on any atom is 0.252 e. The van der Waals surface area contributed by atoms with E-state index >= 15 is 0 Å². The molecule has 2 nitrogen and oxygen atoms in total. The van der Waals surface area contributed by atoms with Gasteiger partial charge in [0.2, 0.25) is 0 Å². The van der Waals surface area contributed by atoms with Crippen LogP contribution in [0.5, 0.6) is 5.75 Å². The van der Waals surface area contributed by atoms with Crippen molar-refractivity contribution in [2.24, 2.45) is 0 Å². The summed E-state index contributed by atoms with van der Waals surface area (Å²) in [5.41, 5.74) is 1.05. The largest absolute Gasteiger partial charge is 1.00 e. The monoisotopic (exact) mass is 221 g/mol. The van der Waals surface area contributed by atoms with E-state index in [2.05, 4.69) is 0 Å². The van der Waals surface area contributed by atoms with Crippen LogP contribution in [0.3, 0.4) is 0 Å². The second-order valence-electron chi connectivity index (χ2n) is 2.95. The molecule has 2 aromatic rings. The van der Waals surface area contributed by atoms with Crippen LogP contribution in [0.15, 0.2) is 54.9 Å². The Morgan fingerprint density at radius 2 is 1.60 bits per heavy atom. The maximum atomic E-state index is 5.28. The number of halogens is 1. The predicted octanol–water partition coefficient (Wildman–Crippen LogP) is -1.02. The molecule has 0 spiro atoms. The molecule has 0 bridgehead atoms. The lowest BCUT2D eigenvalue weighted by atomic mass is 10.3. The van der Waals surface area contributed by atoms with Crippen molar-refractivity contribution >= 4 is 0 Å². The minimum Gasteiger partial charge on any atom is -1.00 e. The number of hydrogen-bond donors (Lipinski definition) is 0. The quantitative estimate of drug-likeness (QED) is 0.592. The minimum atomic E-state index is 0. The van der Waals surface area contributed by atoms with Gasteiger partial charge in [0.05, 0.1) is 7.11 Å². The minimum absolute atomic E-state index is 0. The molecule has 0 atom stereocenters. The van der Waals surface area contributed by atoms with Crippen LogP contribution in [0.25, 0.3) is 5.69 Å². The fourth-order valence-electron chi connectivity index (χ4n) is 1.40. The summed E-state index contributed by atoms with van der Waals surface area (Å²) in [7, 11) is 1.68. The normalized spacial score (nSPS) is 9.13. The average molecular weight is 222 g/mol. The maximum absolute atomic E-state index is 5.28. The molecule has 0 N–H and O–H groups in total. The Balaban J connectivity index is 0.00000112. The Morgan fingerprint density at radius 1 is 0.933 bits per heavy atom. The molecule has 15 heavy (non-hydrogen) atoms. The van der Waals surface area contributed by atoms with Gasteiger partial charge in [-0.2, -0.15) is 4.57 Å². The molecule has 0 saturated carbocycles. The number of benzene rings is 1. The number of nitrogens with zero attached hydrogens (tertiary/aromatic N) is 1. The molecule has 0 unspecified atom stereocenters. The van der Waals surface area contributed by atoms with Gasteiger partial charge in [0.1, 0.15) is 0 Å². The van der Waals surface area contributed by atoms with Gasteiger partial charge in [0, 0.05) is 18.2 Å². The molecule has 3 heteroatoms. The Hall–Kier alpha value is -1.54. The first-order valence-electron chi connectivity index (χ1n) is 4.51. The fourth-order valence-corrected chi connectivity index (χ4v) is 1.40. The third kappa shape index (κ3) is 2.48. The Kier molecular flexibility index (Phi) is 4.13. The zero-order valence-corrected chi connectivity index (χ0v) is 9.19. The van der Waals surface area contributed by atoms with Gasteiger partial charge in [-0.3, -0.25) is 0 Å². The van der Waals surface area contributed by atoms with Crippen LogP contribution in [0.1, 0.15) is 0 Å². The van der Waals surface area contributed by atoms with Crippen molar-refractivity contribution in [2.75, 3.05) is 7.11 Å². The van der Waals surface area contributed by atoms with Crippen molar-refractivity contribution in [1.29, 1.82) is 0 Å². The van der Waals surface area contributed by atoms with Crippen LogP contribution >= 0.6 is 0 Å². The lowest BCUT2D eigenvalue weighted by Crippen LogP contribution is -3.00. The van der Waals surface area contributed by atoms with Gasteiger partial charge < -0.3 is 17.1 Å². The lowest BCUT2D eigenvalue weighted by molar-refractivity contribution is -0.596. The van der Waals surface area contributed by atoms with Gasteiger partial charge in [-0.15, -0.1) is 0 Å². The van der Waals surface area contributed by atoms with E-state index < -0.39 is 0 Å². The first-order chi connectivity index (χ1) is 6.92. The lowest BCUT2D eigenvalue weighted by Gasteiger charge is -2.01. The van der Waals surface area contributed by atoms with E-state index in [4.69, 9.17) is 4.74 Å². The van der Waals surface area contributed by atoms with E-state index in [1.807, 2.05) is 59.4 Å². The number of aromatic nitrogens is 1. The van der Waals surface area contributed by atoms with Crippen LogP contribution in [0.4, 0.5) is 0 Å². The predicted molar refractivity (Wildman–Crippen MR) is 54.5 cm³/mol. The van der Waals surface area contributed by atoms with E-state index in [1.165, 1.54) is 0 Å². The summed E-state index contributed by atoms with van der Waals surface area (Å²) in [4.78, 5) is 0. The van der Waals surface area contributed by atoms with Crippen LogP contribution < -0.4 is 21.7 Å². The van der Waals surface area contributed by atoms with Crippen LogP contribution in [-0.4, -0.2) is 7.11 Å². The van der Waals surface area contributed by atoms with Gasteiger partial charge >= 0.3 is 0 Å². The highest BCUT2D eigenvalue weighted by Crippen LogP contribution is 2.16. The summed E-state index contributed by atoms with van der Waals surface area (Å²) in [6.45, 7) is 0. The van der Waals surface area contributed by atoms with E-state index in [0.29, 0.717) is 0 Å². The van der Waals surface area contributed by atoms with E-state index in [-0.39, 0.29) is 12.4 Å². The van der Waals surface area contributed by atoms with Gasteiger partial charge in [-0.05, 0) is 6.07 Å². The fraction of sp³-hybridized carbons (Fsp3) is 0.0833. The summed E-state index contributed by atoms with van der Waals surface area (Å²) in [6.07, 6.45) is 4.00. The number of ether oxygens (including phenoxy) is 1. The molecule has 0 aliphatic heterocycles. The third-order valence-electron chi connectivity index (χ3n) is 2.08. The smallest absolute Gasteiger partial charge is 0.252 e. The summed E-state index contributed by atoms with van der Waals surface area (Å²) >= 11 is 0. The molecular weight excluding hydrogens is 210 g/mol. The van der Waals surface area contributed by atoms with Crippen molar-refractivity contribution in [3.05, 3.63) is 54.9 Å². The summed E-state index contributed by atoms with van der Waals surface area (Å²) in [5.74, 6) is 0.878. The molecule has 1 aromatic heterocycles.